The van der Waals surface area contributed by atoms with E-state index in [0.717, 1.165) is 51.4 Å². The zero-order valence-electron chi connectivity index (χ0n) is 69.6. The van der Waals surface area contributed by atoms with Crippen LogP contribution in [-0.2, 0) is 33.2 Å². The number of carbonyl (C=O) groups is 1. The fourth-order valence-electron chi connectivity index (χ4n) is 15.9. The van der Waals surface area contributed by atoms with Gasteiger partial charge in [0.1, 0.15) is 73.2 Å². The van der Waals surface area contributed by atoms with E-state index in [0.29, 0.717) is 12.8 Å². The van der Waals surface area contributed by atoms with Gasteiger partial charge in [-0.15, -0.1) is 0 Å². The summed E-state index contributed by atoms with van der Waals surface area (Å²) in [6, 6.07) is -0.886. The second-order valence-electron chi connectivity index (χ2n) is 33.1. The third-order valence-corrected chi connectivity index (χ3v) is 23.3. The second-order valence-corrected chi connectivity index (χ2v) is 33.1. The molecule has 0 bridgehead atoms. The third kappa shape index (κ3) is 49.2. The molecular formula is C90H171NO18. The largest absolute Gasteiger partial charge is 0.394 e. The number of hydrogen-bond donors (Lipinski definition) is 12. The highest BCUT2D eigenvalue weighted by Crippen LogP contribution is 2.34. The van der Waals surface area contributed by atoms with Crippen molar-refractivity contribution in [3.8, 4) is 0 Å². The number of allylic oxidation sites excluding steroid dienone is 4. The minimum Gasteiger partial charge on any atom is -0.394 e. The van der Waals surface area contributed by atoms with Crippen LogP contribution >= 0.6 is 0 Å². The van der Waals surface area contributed by atoms with E-state index in [1.54, 1.807) is 0 Å². The monoisotopic (exact) mass is 1550 g/mol. The predicted molar refractivity (Wildman–Crippen MR) is 439 cm³/mol. The van der Waals surface area contributed by atoms with Crippen LogP contribution in [0.3, 0.4) is 0 Å². The van der Waals surface area contributed by atoms with Crippen molar-refractivity contribution in [1.29, 1.82) is 0 Å². The second kappa shape index (κ2) is 70.5. The number of aliphatic hydroxyl groups is 11. The van der Waals surface area contributed by atoms with E-state index in [2.05, 4.69) is 43.5 Å². The Labute approximate surface area is 664 Å². The molecule has 0 aromatic rings. The van der Waals surface area contributed by atoms with Crippen molar-refractivity contribution in [3.05, 3.63) is 24.3 Å². The van der Waals surface area contributed by atoms with Crippen LogP contribution in [-0.4, -0.2) is 193 Å². The van der Waals surface area contributed by atoms with Crippen LogP contribution in [0.25, 0.3) is 0 Å². The maximum Gasteiger partial charge on any atom is 0.220 e. The van der Waals surface area contributed by atoms with Crippen molar-refractivity contribution in [2.75, 3.05) is 26.4 Å². The number of amides is 1. The molecule has 3 aliphatic heterocycles. The van der Waals surface area contributed by atoms with Crippen molar-refractivity contribution < 1.29 is 89.4 Å². The SMILES string of the molecule is CCCCCCC/C=C\C/C=C\CCCCCCCCCCCCCCCCCCCCCCCCCCCC(=O)NC(COC1OC(CO)C(OC2OC(CO)C(OC3OC(CO)C(O)C(O)C3O)C(O)C2O)C(O)C1O)C(O)CCCCCCCCCCCCCCCCCCCCCCCCCCCCC. The molecule has 0 spiro atoms. The normalized spacial score (nSPS) is 25.3. The number of aliphatic hydroxyl groups excluding tert-OH is 11. The summed E-state index contributed by atoms with van der Waals surface area (Å²) in [5.74, 6) is -0.232. The van der Waals surface area contributed by atoms with Crippen molar-refractivity contribution >= 4 is 5.91 Å². The van der Waals surface area contributed by atoms with Crippen LogP contribution in [0.5, 0.6) is 0 Å². The van der Waals surface area contributed by atoms with Crippen LogP contribution in [0.15, 0.2) is 24.3 Å². The molecule has 0 aromatic heterocycles. The molecule has 3 rings (SSSR count). The first kappa shape index (κ1) is 101. The first-order valence-corrected chi connectivity index (χ1v) is 46.1. The molecule has 0 radical (unpaired) electrons. The molecule has 19 heteroatoms. The molecule has 1 amide bonds. The lowest BCUT2D eigenvalue weighted by molar-refractivity contribution is -0.379. The quantitative estimate of drug-likeness (QED) is 0.0199. The summed E-state index contributed by atoms with van der Waals surface area (Å²) < 4.78 is 34.6. The Balaban J connectivity index is 1.30. The maximum atomic E-state index is 13.5. The van der Waals surface area contributed by atoms with Crippen LogP contribution in [0, 0.1) is 0 Å². The molecule has 19 nitrogen and oxygen atoms in total. The van der Waals surface area contributed by atoms with E-state index < -0.39 is 124 Å². The number of unbranched alkanes of at least 4 members (excludes halogenated alkanes) is 56. The fourth-order valence-corrected chi connectivity index (χ4v) is 15.9. The predicted octanol–water partition coefficient (Wildman–Crippen LogP) is 17.6. The maximum absolute atomic E-state index is 13.5. The molecule has 3 heterocycles. The number of ether oxygens (including phenoxy) is 6. The summed E-state index contributed by atoms with van der Waals surface area (Å²) >= 11 is 0. The van der Waals surface area contributed by atoms with Crippen molar-refractivity contribution in [2.24, 2.45) is 0 Å². The van der Waals surface area contributed by atoms with Crippen LogP contribution in [0.4, 0.5) is 0 Å². The van der Waals surface area contributed by atoms with E-state index >= 15 is 0 Å². The minimum absolute atomic E-state index is 0.232. The van der Waals surface area contributed by atoms with E-state index in [4.69, 9.17) is 28.4 Å². The fraction of sp³-hybridized carbons (Fsp3) is 0.944. The molecular weight excluding hydrogens is 1380 g/mol. The highest BCUT2D eigenvalue weighted by atomic mass is 16.8. The average Bonchev–Trinajstić information content (AvgIpc) is 0.760. The van der Waals surface area contributed by atoms with E-state index in [1.807, 2.05) is 0 Å². The van der Waals surface area contributed by atoms with Gasteiger partial charge in [-0.1, -0.05) is 385 Å². The van der Waals surface area contributed by atoms with Gasteiger partial charge in [0, 0.05) is 6.42 Å². The van der Waals surface area contributed by atoms with Gasteiger partial charge in [-0.25, -0.2) is 0 Å². The van der Waals surface area contributed by atoms with Gasteiger partial charge in [-0.3, -0.25) is 4.79 Å². The third-order valence-electron chi connectivity index (χ3n) is 23.3. The van der Waals surface area contributed by atoms with Crippen molar-refractivity contribution in [1.82, 2.24) is 5.32 Å². The molecule has 0 saturated carbocycles. The Morgan fingerprint density at radius 3 is 0.936 bits per heavy atom. The molecule has 12 N–H and O–H groups in total. The Kier molecular flexibility index (Phi) is 65.6. The van der Waals surface area contributed by atoms with Gasteiger partial charge in [0.25, 0.3) is 0 Å². The van der Waals surface area contributed by atoms with E-state index in [-0.39, 0.29) is 18.9 Å². The molecule has 3 saturated heterocycles. The smallest absolute Gasteiger partial charge is 0.220 e. The van der Waals surface area contributed by atoms with Gasteiger partial charge in [-0.05, 0) is 44.9 Å². The molecule has 3 fully saturated rings. The van der Waals surface area contributed by atoms with Gasteiger partial charge in [-0.2, -0.15) is 0 Å². The number of rotatable bonds is 76. The highest BCUT2D eigenvalue weighted by molar-refractivity contribution is 5.76. The summed E-state index contributed by atoms with van der Waals surface area (Å²) in [4.78, 5) is 13.5. The van der Waals surface area contributed by atoms with Crippen LogP contribution in [0.2, 0.25) is 0 Å². The van der Waals surface area contributed by atoms with Gasteiger partial charge in [0.2, 0.25) is 5.91 Å². The van der Waals surface area contributed by atoms with Crippen LogP contribution in [0.1, 0.15) is 412 Å². The Bertz CT molecular complexity index is 2060. The Morgan fingerprint density at radius 2 is 0.606 bits per heavy atom. The number of nitrogens with one attached hydrogen (secondary N) is 1. The van der Waals surface area contributed by atoms with Gasteiger partial charge >= 0.3 is 0 Å². The standard InChI is InChI=1S/C90H171NO18/c1-3-5-7-9-11-13-15-17-19-21-23-25-27-29-31-32-33-34-35-36-37-38-39-40-42-44-46-48-50-52-54-56-58-60-62-64-66-68-78(96)91-73(74(95)67-65-63-61-59-57-55-53-51-49-47-45-43-41-30-28-26-24-22-20-18-16-14-12-10-8-6-4-2)72-104-88-84(102)81(99)86(76(70-93)106-88)109-90-85(103)82(100)87(77(71-94)107-90)108-89-83(101)80(98)79(97)75(69-92)105-89/h15,17,21,23,73-77,79-90,92-95,97-103H,3-14,16,18-20,22,24-72H2,1-2H3,(H,91,96)/b17-15-,23-21-. The Hall–Kier alpha value is -1.73. The molecule has 0 aliphatic carbocycles. The number of hydrogen-bond acceptors (Lipinski definition) is 18. The zero-order valence-corrected chi connectivity index (χ0v) is 69.6. The average molecular weight is 1560 g/mol. The molecule has 17 atom stereocenters. The van der Waals surface area contributed by atoms with Crippen LogP contribution < -0.4 is 5.32 Å². The lowest BCUT2D eigenvalue weighted by Crippen LogP contribution is -2.66. The first-order chi connectivity index (χ1) is 53.3. The lowest BCUT2D eigenvalue weighted by atomic mass is 9.96. The van der Waals surface area contributed by atoms with Gasteiger partial charge in [0.05, 0.1) is 38.6 Å². The molecule has 17 unspecified atom stereocenters. The molecule has 644 valence electrons. The lowest BCUT2D eigenvalue weighted by Gasteiger charge is -2.48. The van der Waals surface area contributed by atoms with Crippen molar-refractivity contribution in [2.45, 2.75) is 516 Å². The number of carbonyl (C=O) groups excluding carboxylic acids is 1. The van der Waals surface area contributed by atoms with Crippen molar-refractivity contribution in [3.63, 3.8) is 0 Å². The molecule has 3 aliphatic rings. The Morgan fingerprint density at radius 1 is 0.330 bits per heavy atom. The molecule has 109 heavy (non-hydrogen) atoms. The first-order valence-electron chi connectivity index (χ1n) is 46.1. The molecule has 0 aromatic carbocycles. The topological polar surface area (TPSA) is 307 Å². The minimum atomic E-state index is -1.97. The highest BCUT2D eigenvalue weighted by Gasteiger charge is 2.54. The van der Waals surface area contributed by atoms with Gasteiger partial charge in [0.15, 0.2) is 18.9 Å². The summed E-state index contributed by atoms with van der Waals surface area (Å²) in [5, 5.41) is 121. The summed E-state index contributed by atoms with van der Waals surface area (Å²) in [6.07, 6.45) is 61.5. The van der Waals surface area contributed by atoms with E-state index in [9.17, 15) is 61.0 Å². The summed E-state index contributed by atoms with van der Waals surface area (Å²) in [7, 11) is 0. The van der Waals surface area contributed by atoms with Gasteiger partial charge < -0.3 is 89.9 Å². The summed E-state index contributed by atoms with van der Waals surface area (Å²) in [5.41, 5.74) is 0. The zero-order chi connectivity index (χ0) is 78.8. The van der Waals surface area contributed by atoms with E-state index in [1.165, 1.54) is 327 Å². The summed E-state index contributed by atoms with van der Waals surface area (Å²) in [6.45, 7) is 1.87.